The molecule has 8 heteroatoms. The summed E-state index contributed by atoms with van der Waals surface area (Å²) in [6.07, 6.45) is 37.8. The van der Waals surface area contributed by atoms with E-state index in [1.165, 1.54) is 32.1 Å². The Morgan fingerprint density at radius 2 is 1.31 bits per heavy atom. The van der Waals surface area contributed by atoms with Crippen LogP contribution in [0.2, 0.25) is 0 Å². The molecular weight excluding hydrogens is 693 g/mol. The number of rotatable bonds is 31. The van der Waals surface area contributed by atoms with Gasteiger partial charge in [-0.3, -0.25) is 9.59 Å². The quantitative estimate of drug-likeness (QED) is 0.0298. The molecule has 0 aromatic carbocycles. The predicted molar refractivity (Wildman–Crippen MR) is 222 cm³/mol. The predicted octanol–water partition coefficient (Wildman–Crippen LogP) is 12.5. The number of allylic oxidation sites excluding steroid dienone is 8. The van der Waals surface area contributed by atoms with Crippen LogP contribution in [0.1, 0.15) is 183 Å². The molecule has 0 radical (unpaired) electrons. The summed E-state index contributed by atoms with van der Waals surface area (Å²) in [4.78, 5) is 38.7. The number of hydrogen-bond donors (Lipinski definition) is 0. The van der Waals surface area contributed by atoms with Gasteiger partial charge in [0, 0.05) is 12.8 Å². The molecule has 4 atom stereocenters. The second kappa shape index (κ2) is 29.3. The minimum absolute atomic E-state index is 0.0929. The fraction of sp³-hybridized carbons (Fsp3) is 0.723. The van der Waals surface area contributed by atoms with Crippen molar-refractivity contribution < 1.29 is 38.1 Å². The van der Waals surface area contributed by atoms with E-state index in [0.717, 1.165) is 89.4 Å². The number of carbonyl (C=O) groups excluding carboxylic acids is 3. The number of unbranched alkanes of at least 4 members (excludes halogenated alkanes) is 9. The number of carbonyl (C=O) groups is 3. The van der Waals surface area contributed by atoms with E-state index < -0.39 is 35.9 Å². The van der Waals surface area contributed by atoms with Gasteiger partial charge in [-0.1, -0.05) is 141 Å². The Bertz CT molecular complexity index is 1240. The SMILES string of the molecule is CCC=CCC=CCCC(C)CCCCCCCC(=O)OC1=C(OC(=O)CCCCCCCC=CCC=CCC(C)CCC)C(C2COC(C)(C)O2)OC1=O. The van der Waals surface area contributed by atoms with Crippen molar-refractivity contribution in [3.05, 3.63) is 60.1 Å². The number of esters is 3. The summed E-state index contributed by atoms with van der Waals surface area (Å²) >= 11 is 0. The highest BCUT2D eigenvalue weighted by Crippen LogP contribution is 2.35. The molecule has 0 bridgehead atoms. The Balaban J connectivity index is 1.72. The van der Waals surface area contributed by atoms with Gasteiger partial charge in [0.2, 0.25) is 5.76 Å². The fourth-order valence-electron chi connectivity index (χ4n) is 6.86. The van der Waals surface area contributed by atoms with Crippen molar-refractivity contribution in [2.75, 3.05) is 6.61 Å². The first-order valence-electron chi connectivity index (χ1n) is 21.8. The largest absolute Gasteiger partial charge is 0.445 e. The van der Waals surface area contributed by atoms with E-state index in [-0.39, 0.29) is 31.0 Å². The van der Waals surface area contributed by atoms with E-state index >= 15 is 0 Å². The molecule has 0 N–H and O–H groups in total. The molecule has 2 heterocycles. The van der Waals surface area contributed by atoms with Gasteiger partial charge >= 0.3 is 17.9 Å². The lowest BCUT2D eigenvalue weighted by Gasteiger charge is -2.21. The third kappa shape index (κ3) is 22.4. The van der Waals surface area contributed by atoms with Crippen molar-refractivity contribution in [3.63, 3.8) is 0 Å². The van der Waals surface area contributed by atoms with E-state index in [1.807, 2.05) is 0 Å². The summed E-state index contributed by atoms with van der Waals surface area (Å²) < 4.78 is 28.4. The smallest absolute Gasteiger partial charge is 0.378 e. The maximum absolute atomic E-state index is 13.0. The van der Waals surface area contributed by atoms with Crippen LogP contribution >= 0.6 is 0 Å². The molecule has 1 fully saturated rings. The van der Waals surface area contributed by atoms with Crippen LogP contribution in [0, 0.1) is 11.8 Å². The van der Waals surface area contributed by atoms with Gasteiger partial charge in [0.05, 0.1) is 6.61 Å². The molecule has 4 unspecified atom stereocenters. The first-order chi connectivity index (χ1) is 26.6. The van der Waals surface area contributed by atoms with Gasteiger partial charge in [0.25, 0.3) is 5.76 Å². The molecule has 8 nitrogen and oxygen atoms in total. The molecule has 0 aliphatic carbocycles. The zero-order valence-corrected chi connectivity index (χ0v) is 35.5. The minimum atomic E-state index is -1.03. The van der Waals surface area contributed by atoms with E-state index in [4.69, 9.17) is 23.7 Å². The molecule has 0 saturated carbocycles. The third-order valence-corrected chi connectivity index (χ3v) is 10.1. The summed E-state index contributed by atoms with van der Waals surface area (Å²) in [5.74, 6) is -1.73. The summed E-state index contributed by atoms with van der Waals surface area (Å²) in [6.45, 7) is 12.7. The zero-order chi connectivity index (χ0) is 40.2. The molecule has 2 aliphatic heterocycles. The van der Waals surface area contributed by atoms with Gasteiger partial charge in [-0.25, -0.2) is 4.79 Å². The van der Waals surface area contributed by atoms with Crippen molar-refractivity contribution in [2.24, 2.45) is 11.8 Å². The van der Waals surface area contributed by atoms with Crippen LogP contribution in [-0.2, 0) is 38.1 Å². The Morgan fingerprint density at radius 3 is 1.96 bits per heavy atom. The standard InChI is InChI=1S/C47H76O8/c1-7-9-10-11-17-21-27-33-39(4)34-28-23-20-25-30-36-42(49)53-45-44(43(54-46(45)50)40-37-51-47(5,6)55-40)52-41(48)35-29-24-19-16-14-12-13-15-18-22-26-32-38(3)31-8-2/h9-10,13,15,17,21-22,26,38-40,43H,7-8,11-12,14,16,18-20,23-25,27-37H2,1-6H3. The van der Waals surface area contributed by atoms with Gasteiger partial charge in [-0.15, -0.1) is 0 Å². The monoisotopic (exact) mass is 769 g/mol. The Labute approximate surface area is 334 Å². The highest BCUT2D eigenvalue weighted by molar-refractivity contribution is 5.93. The molecule has 0 amide bonds. The average Bonchev–Trinajstić information content (AvgIpc) is 3.66. The van der Waals surface area contributed by atoms with Crippen molar-refractivity contribution >= 4 is 17.9 Å². The van der Waals surface area contributed by atoms with Crippen LogP contribution in [-0.4, -0.2) is 42.5 Å². The molecule has 0 aromatic heterocycles. The molecule has 2 aliphatic rings. The summed E-state index contributed by atoms with van der Waals surface area (Å²) in [5.41, 5.74) is 0. The molecule has 0 aromatic rings. The van der Waals surface area contributed by atoms with Crippen LogP contribution in [0.5, 0.6) is 0 Å². The normalized spacial score (nSPS) is 19.7. The van der Waals surface area contributed by atoms with Crippen LogP contribution in [0.4, 0.5) is 0 Å². The maximum atomic E-state index is 13.0. The van der Waals surface area contributed by atoms with Crippen LogP contribution < -0.4 is 0 Å². The van der Waals surface area contributed by atoms with E-state index in [9.17, 15) is 14.4 Å². The van der Waals surface area contributed by atoms with Crippen molar-refractivity contribution in [3.8, 4) is 0 Å². The minimum Gasteiger partial charge on any atom is -0.445 e. The summed E-state index contributed by atoms with van der Waals surface area (Å²) in [5, 5.41) is 0. The molecule has 55 heavy (non-hydrogen) atoms. The van der Waals surface area contributed by atoms with Gasteiger partial charge in [-0.05, 0) is 89.9 Å². The second-order valence-corrected chi connectivity index (χ2v) is 16.0. The molecule has 1 saturated heterocycles. The Hall–Kier alpha value is -2.97. The molecule has 312 valence electrons. The lowest BCUT2D eigenvalue weighted by atomic mass is 9.97. The average molecular weight is 769 g/mol. The van der Waals surface area contributed by atoms with E-state index in [2.05, 4.69) is 76.3 Å². The fourth-order valence-corrected chi connectivity index (χ4v) is 6.86. The molecule has 0 spiro atoms. The summed E-state index contributed by atoms with van der Waals surface area (Å²) in [6, 6.07) is 0. The lowest BCUT2D eigenvalue weighted by Crippen LogP contribution is -2.34. The van der Waals surface area contributed by atoms with Crippen LogP contribution in [0.15, 0.2) is 60.1 Å². The third-order valence-electron chi connectivity index (χ3n) is 10.1. The number of ether oxygens (including phenoxy) is 5. The van der Waals surface area contributed by atoms with Gasteiger partial charge in [0.15, 0.2) is 11.9 Å². The number of hydrogen-bond acceptors (Lipinski definition) is 8. The van der Waals surface area contributed by atoms with Crippen molar-refractivity contribution in [1.29, 1.82) is 0 Å². The first kappa shape index (κ1) is 48.2. The van der Waals surface area contributed by atoms with E-state index in [1.54, 1.807) is 13.8 Å². The van der Waals surface area contributed by atoms with Gasteiger partial charge in [0.1, 0.15) is 6.10 Å². The van der Waals surface area contributed by atoms with Crippen molar-refractivity contribution in [2.45, 2.75) is 201 Å². The van der Waals surface area contributed by atoms with E-state index in [0.29, 0.717) is 18.8 Å². The van der Waals surface area contributed by atoms with Crippen molar-refractivity contribution in [1.82, 2.24) is 0 Å². The topological polar surface area (TPSA) is 97.4 Å². The first-order valence-corrected chi connectivity index (χ1v) is 21.8. The summed E-state index contributed by atoms with van der Waals surface area (Å²) in [7, 11) is 0. The maximum Gasteiger partial charge on any atom is 0.378 e. The highest BCUT2D eigenvalue weighted by Gasteiger charge is 2.49. The van der Waals surface area contributed by atoms with Crippen LogP contribution in [0.3, 0.4) is 0 Å². The lowest BCUT2D eigenvalue weighted by molar-refractivity contribution is -0.165. The number of cyclic esters (lactones) is 1. The molecular formula is C47H76O8. The molecule has 2 rings (SSSR count). The van der Waals surface area contributed by atoms with Gasteiger partial charge < -0.3 is 23.7 Å². The Morgan fingerprint density at radius 1 is 0.709 bits per heavy atom. The van der Waals surface area contributed by atoms with Gasteiger partial charge in [-0.2, -0.15) is 0 Å². The highest BCUT2D eigenvalue weighted by atomic mass is 16.8. The Kier molecular flexibility index (Phi) is 25.7. The van der Waals surface area contributed by atoms with Crippen LogP contribution in [0.25, 0.3) is 0 Å². The second-order valence-electron chi connectivity index (χ2n) is 16.0. The zero-order valence-electron chi connectivity index (χ0n) is 35.5.